The highest BCUT2D eigenvalue weighted by Gasteiger charge is 2.25. The number of piperidine rings is 1. The lowest BCUT2D eigenvalue weighted by Gasteiger charge is -2.30. The van der Waals surface area contributed by atoms with Gasteiger partial charge >= 0.3 is 6.09 Å². The van der Waals surface area contributed by atoms with E-state index in [1.54, 1.807) is 29.2 Å². The van der Waals surface area contributed by atoms with Gasteiger partial charge in [0.1, 0.15) is 18.4 Å². The largest absolute Gasteiger partial charge is 0.415 e. The molecule has 0 saturated carbocycles. The van der Waals surface area contributed by atoms with Gasteiger partial charge in [0.25, 0.3) is 5.89 Å². The van der Waals surface area contributed by atoms with Crippen LogP contribution in [0.4, 0.5) is 4.79 Å². The number of para-hydroxylation sites is 1. The minimum atomic E-state index is -0.354. The van der Waals surface area contributed by atoms with Crippen molar-refractivity contribution in [2.45, 2.75) is 25.6 Å². The number of carbonyl (C=O) groups excluding carboxylic acids is 1. The lowest BCUT2D eigenvalue weighted by atomic mass is 10.1. The van der Waals surface area contributed by atoms with Crippen LogP contribution >= 0.6 is 0 Å². The predicted molar refractivity (Wildman–Crippen MR) is 104 cm³/mol. The molecule has 30 heavy (non-hydrogen) atoms. The summed E-state index contributed by atoms with van der Waals surface area (Å²) in [6, 6.07) is 14.4. The molecule has 1 saturated heterocycles. The maximum Gasteiger partial charge on any atom is 0.415 e. The summed E-state index contributed by atoms with van der Waals surface area (Å²) in [5, 5.41) is 13.0. The summed E-state index contributed by atoms with van der Waals surface area (Å²) in [5.74, 6) is 1.15. The van der Waals surface area contributed by atoms with Gasteiger partial charge in [0.15, 0.2) is 11.5 Å². The van der Waals surface area contributed by atoms with Crippen LogP contribution in [-0.2, 0) is 11.3 Å². The van der Waals surface area contributed by atoms with Crippen molar-refractivity contribution in [3.63, 3.8) is 0 Å². The fourth-order valence-electron chi connectivity index (χ4n) is 3.14. The fourth-order valence-corrected chi connectivity index (χ4v) is 3.14. The first-order valence-corrected chi connectivity index (χ1v) is 9.54. The molecule has 9 nitrogen and oxygen atoms in total. The van der Waals surface area contributed by atoms with Gasteiger partial charge in [-0.3, -0.25) is 0 Å². The Morgan fingerprint density at radius 3 is 2.77 bits per heavy atom. The molecule has 0 aliphatic carbocycles. The number of nitrogens with zero attached hydrogens (tertiary/aromatic N) is 5. The van der Waals surface area contributed by atoms with Crippen molar-refractivity contribution >= 4 is 6.09 Å². The van der Waals surface area contributed by atoms with Gasteiger partial charge in [-0.15, -0.1) is 0 Å². The van der Waals surface area contributed by atoms with Crippen molar-refractivity contribution in [2.24, 2.45) is 0 Å². The average Bonchev–Trinajstić information content (AvgIpc) is 3.27. The lowest BCUT2D eigenvalue weighted by molar-refractivity contribution is -0.00224. The van der Waals surface area contributed by atoms with Crippen molar-refractivity contribution < 1.29 is 18.8 Å². The third kappa shape index (κ3) is 4.61. The highest BCUT2D eigenvalue weighted by Crippen LogP contribution is 2.21. The second-order valence-corrected chi connectivity index (χ2v) is 6.71. The summed E-state index contributed by atoms with van der Waals surface area (Å²) >= 11 is 0. The molecule has 0 atom stereocenters. The van der Waals surface area contributed by atoms with E-state index < -0.39 is 0 Å². The van der Waals surface area contributed by atoms with E-state index >= 15 is 0 Å². The Morgan fingerprint density at radius 1 is 1.20 bits per heavy atom. The number of nitriles is 1. The second-order valence-electron chi connectivity index (χ2n) is 6.71. The Balaban J connectivity index is 1.26. The molecular weight excluding hydrogens is 386 g/mol. The third-order valence-electron chi connectivity index (χ3n) is 4.71. The summed E-state index contributed by atoms with van der Waals surface area (Å²) in [6.45, 7) is 1.29. The van der Waals surface area contributed by atoms with Crippen LogP contribution in [0.15, 0.2) is 53.2 Å². The summed E-state index contributed by atoms with van der Waals surface area (Å²) in [7, 11) is 0. The zero-order chi connectivity index (χ0) is 20.8. The van der Waals surface area contributed by atoms with Crippen molar-refractivity contribution in [3.8, 4) is 23.3 Å². The first-order valence-electron chi connectivity index (χ1n) is 9.54. The van der Waals surface area contributed by atoms with Crippen LogP contribution in [-0.4, -0.2) is 45.3 Å². The molecule has 2 aromatic heterocycles. The average molecular weight is 405 g/mol. The SMILES string of the molecule is N#Cc1ncccc1-c1nc(COC2CCN(C(=O)Oc3ccccc3)CC2)no1. The summed E-state index contributed by atoms with van der Waals surface area (Å²) in [5.41, 5.74) is 0.715. The second kappa shape index (κ2) is 9.15. The number of aromatic nitrogens is 3. The normalized spacial score (nSPS) is 14.3. The van der Waals surface area contributed by atoms with E-state index in [0.29, 0.717) is 43.1 Å². The van der Waals surface area contributed by atoms with Crippen molar-refractivity contribution in [1.29, 1.82) is 5.26 Å². The molecule has 1 aliphatic rings. The molecule has 9 heteroatoms. The topological polar surface area (TPSA) is 114 Å². The monoisotopic (exact) mass is 405 g/mol. The number of benzene rings is 1. The molecule has 0 spiro atoms. The summed E-state index contributed by atoms with van der Waals surface area (Å²) in [6.07, 6.45) is 2.55. The molecule has 1 fully saturated rings. The minimum Gasteiger partial charge on any atom is -0.410 e. The Morgan fingerprint density at radius 2 is 2.00 bits per heavy atom. The van der Waals surface area contributed by atoms with E-state index in [2.05, 4.69) is 15.1 Å². The van der Waals surface area contributed by atoms with Gasteiger partial charge in [-0.25, -0.2) is 9.78 Å². The maximum atomic E-state index is 12.2. The summed E-state index contributed by atoms with van der Waals surface area (Å²) in [4.78, 5) is 22.2. The Kier molecular flexibility index (Phi) is 5.96. The van der Waals surface area contributed by atoms with Crippen LogP contribution in [0.2, 0.25) is 0 Å². The van der Waals surface area contributed by atoms with Crippen LogP contribution < -0.4 is 4.74 Å². The van der Waals surface area contributed by atoms with Gasteiger partial charge < -0.3 is 18.9 Å². The Labute approximate surface area is 172 Å². The van der Waals surface area contributed by atoms with Crippen LogP contribution in [0, 0.1) is 11.3 Å². The smallest absolute Gasteiger partial charge is 0.410 e. The maximum absolute atomic E-state index is 12.2. The van der Waals surface area contributed by atoms with Gasteiger partial charge in [-0.2, -0.15) is 10.2 Å². The van der Waals surface area contributed by atoms with Crippen molar-refractivity contribution in [3.05, 3.63) is 60.2 Å². The summed E-state index contributed by atoms with van der Waals surface area (Å²) < 4.78 is 16.5. The van der Waals surface area contributed by atoms with E-state index in [9.17, 15) is 4.79 Å². The van der Waals surface area contributed by atoms with Crippen molar-refractivity contribution in [1.82, 2.24) is 20.0 Å². The van der Waals surface area contributed by atoms with Gasteiger partial charge in [-0.05, 0) is 37.1 Å². The van der Waals surface area contributed by atoms with E-state index in [0.717, 1.165) is 0 Å². The molecule has 0 unspecified atom stereocenters. The van der Waals surface area contributed by atoms with Crippen LogP contribution in [0.3, 0.4) is 0 Å². The molecular formula is C21H19N5O4. The van der Waals surface area contributed by atoms with Crippen molar-refractivity contribution in [2.75, 3.05) is 13.1 Å². The number of pyridine rings is 1. The van der Waals surface area contributed by atoms with E-state index in [1.807, 2.05) is 24.3 Å². The molecule has 152 valence electrons. The predicted octanol–water partition coefficient (Wildman–Crippen LogP) is 3.18. The molecule has 1 aromatic carbocycles. The lowest BCUT2D eigenvalue weighted by Crippen LogP contribution is -2.42. The minimum absolute atomic E-state index is 0.0132. The standard InChI is InChI=1S/C21H19N5O4/c22-13-18-17(7-4-10-23-18)20-24-19(25-30-20)14-28-15-8-11-26(12-9-15)21(27)29-16-5-2-1-3-6-16/h1-7,10,15H,8-9,11-12,14H2. The highest BCUT2D eigenvalue weighted by atomic mass is 16.6. The number of likely N-dealkylation sites (tertiary alicyclic amines) is 1. The molecule has 1 aliphatic heterocycles. The number of rotatable bonds is 5. The van der Waals surface area contributed by atoms with Gasteiger partial charge in [-0.1, -0.05) is 23.4 Å². The number of hydrogen-bond acceptors (Lipinski definition) is 8. The Bertz CT molecular complexity index is 1040. The molecule has 0 N–H and O–H groups in total. The Hall–Kier alpha value is -3.77. The first kappa shape index (κ1) is 19.5. The zero-order valence-corrected chi connectivity index (χ0v) is 16.1. The van der Waals surface area contributed by atoms with Gasteiger partial charge in [0.05, 0.1) is 11.7 Å². The first-order chi connectivity index (χ1) is 14.7. The van der Waals surface area contributed by atoms with E-state index in [-0.39, 0.29) is 30.4 Å². The van der Waals surface area contributed by atoms with Crippen LogP contribution in [0.25, 0.3) is 11.5 Å². The quantitative estimate of drug-likeness (QED) is 0.636. The molecule has 0 bridgehead atoms. The van der Waals surface area contributed by atoms with Crippen LogP contribution in [0.5, 0.6) is 5.75 Å². The van der Waals surface area contributed by atoms with Gasteiger partial charge in [0, 0.05) is 19.3 Å². The van der Waals surface area contributed by atoms with Crippen LogP contribution in [0.1, 0.15) is 24.4 Å². The number of carbonyl (C=O) groups is 1. The number of hydrogen-bond donors (Lipinski definition) is 0. The third-order valence-corrected chi connectivity index (χ3v) is 4.71. The molecule has 3 aromatic rings. The number of amides is 1. The zero-order valence-electron chi connectivity index (χ0n) is 16.1. The molecule has 4 rings (SSSR count). The van der Waals surface area contributed by atoms with E-state index in [4.69, 9.17) is 19.3 Å². The van der Waals surface area contributed by atoms with Gasteiger partial charge in [0.2, 0.25) is 0 Å². The highest BCUT2D eigenvalue weighted by molar-refractivity contribution is 5.70. The number of ether oxygens (including phenoxy) is 2. The molecule has 3 heterocycles. The molecule has 1 amide bonds. The van der Waals surface area contributed by atoms with E-state index in [1.165, 1.54) is 6.20 Å². The fraction of sp³-hybridized carbons (Fsp3) is 0.286. The molecule has 0 radical (unpaired) electrons.